The van der Waals surface area contributed by atoms with Crippen LogP contribution in [0, 0.1) is 0 Å². The lowest BCUT2D eigenvalue weighted by Crippen LogP contribution is -1.81. The van der Waals surface area contributed by atoms with Crippen LogP contribution in [0.5, 0.6) is 5.75 Å². The van der Waals surface area contributed by atoms with Crippen LogP contribution < -0.4 is 4.74 Å². The Hall–Kier alpha value is -1.83. The first-order valence-electron chi connectivity index (χ1n) is 4.72. The maximum Gasteiger partial charge on any atom is 0.152 e. The molecule has 0 fully saturated rings. The minimum Gasteiger partial charge on any atom is -0.497 e. The number of rotatable bonds is 4. The molecule has 0 saturated heterocycles. The smallest absolute Gasteiger partial charge is 0.152 e. The third-order valence-electron chi connectivity index (χ3n) is 1.85. The molecular formula is C13H14O2. The molecule has 0 aliphatic heterocycles. The lowest BCUT2D eigenvalue weighted by molar-refractivity contribution is -0.112. The van der Waals surface area contributed by atoms with Crippen LogP contribution in [-0.4, -0.2) is 12.9 Å². The molecule has 0 radical (unpaired) electrons. The van der Waals surface area contributed by atoms with Crippen LogP contribution >= 0.6 is 0 Å². The Morgan fingerprint density at radius 2 is 1.87 bits per heavy atom. The highest BCUT2D eigenvalue weighted by molar-refractivity contribution is 5.87. The summed E-state index contributed by atoms with van der Waals surface area (Å²) in [6, 6.07) is 7.70. The van der Waals surface area contributed by atoms with Gasteiger partial charge in [0.2, 0.25) is 0 Å². The molecule has 0 heterocycles. The van der Waals surface area contributed by atoms with E-state index in [0.29, 0.717) is 0 Å². The van der Waals surface area contributed by atoms with Crippen molar-refractivity contribution in [1.82, 2.24) is 0 Å². The first-order chi connectivity index (χ1) is 7.22. The monoisotopic (exact) mass is 202 g/mol. The number of carbonyl (C=O) groups excluding carboxylic acids is 1. The topological polar surface area (TPSA) is 26.3 Å². The molecule has 0 N–H and O–H groups in total. The van der Waals surface area contributed by atoms with Crippen molar-refractivity contribution < 1.29 is 9.53 Å². The van der Waals surface area contributed by atoms with Crippen molar-refractivity contribution in [2.75, 3.05) is 7.11 Å². The van der Waals surface area contributed by atoms with E-state index in [4.69, 9.17) is 4.74 Å². The average molecular weight is 202 g/mol. The maximum absolute atomic E-state index is 10.6. The minimum atomic E-state index is 0.0504. The second-order valence-corrected chi connectivity index (χ2v) is 3.10. The van der Waals surface area contributed by atoms with Crippen molar-refractivity contribution >= 4 is 11.9 Å². The van der Waals surface area contributed by atoms with E-state index in [2.05, 4.69) is 0 Å². The van der Waals surface area contributed by atoms with E-state index in [1.165, 1.54) is 13.0 Å². The number of carbonyl (C=O) groups is 1. The summed E-state index contributed by atoms with van der Waals surface area (Å²) in [6.07, 6.45) is 7.02. The van der Waals surface area contributed by atoms with Crippen molar-refractivity contribution in [2.24, 2.45) is 0 Å². The second kappa shape index (κ2) is 5.81. The van der Waals surface area contributed by atoms with Gasteiger partial charge in [0.1, 0.15) is 5.75 Å². The van der Waals surface area contributed by atoms with Crippen molar-refractivity contribution in [1.29, 1.82) is 0 Å². The van der Waals surface area contributed by atoms with Crippen molar-refractivity contribution in [3.63, 3.8) is 0 Å². The van der Waals surface area contributed by atoms with Crippen molar-refractivity contribution in [3.05, 3.63) is 48.1 Å². The van der Waals surface area contributed by atoms with Crippen LogP contribution in [0.3, 0.4) is 0 Å². The molecule has 1 rings (SSSR count). The molecule has 0 bridgehead atoms. The third kappa shape index (κ3) is 4.27. The van der Waals surface area contributed by atoms with Gasteiger partial charge in [0.15, 0.2) is 5.78 Å². The first kappa shape index (κ1) is 11.2. The van der Waals surface area contributed by atoms with Crippen molar-refractivity contribution in [3.8, 4) is 5.75 Å². The van der Waals surface area contributed by atoms with Crippen LogP contribution in [0.25, 0.3) is 6.08 Å². The molecule has 0 aliphatic rings. The highest BCUT2D eigenvalue weighted by atomic mass is 16.5. The molecule has 1 aromatic carbocycles. The summed E-state index contributed by atoms with van der Waals surface area (Å²) in [5.41, 5.74) is 1.07. The first-order valence-corrected chi connectivity index (χ1v) is 4.72. The second-order valence-electron chi connectivity index (χ2n) is 3.10. The van der Waals surface area contributed by atoms with Crippen LogP contribution in [0.2, 0.25) is 0 Å². The quantitative estimate of drug-likeness (QED) is 0.554. The summed E-state index contributed by atoms with van der Waals surface area (Å²) < 4.78 is 5.04. The highest BCUT2D eigenvalue weighted by Crippen LogP contribution is 2.12. The third-order valence-corrected chi connectivity index (χ3v) is 1.85. The molecule has 0 saturated carbocycles. The Balaban J connectivity index is 2.61. The van der Waals surface area contributed by atoms with Crippen LogP contribution in [0.4, 0.5) is 0 Å². The number of methoxy groups -OCH3 is 1. The fourth-order valence-electron chi connectivity index (χ4n) is 1.07. The van der Waals surface area contributed by atoms with E-state index in [1.807, 2.05) is 36.4 Å². The minimum absolute atomic E-state index is 0.0504. The largest absolute Gasteiger partial charge is 0.497 e. The van der Waals surface area contributed by atoms with Gasteiger partial charge in [-0.25, -0.2) is 0 Å². The van der Waals surface area contributed by atoms with Gasteiger partial charge in [-0.1, -0.05) is 30.4 Å². The molecule has 78 valence electrons. The number of ether oxygens (including phenoxy) is 1. The van der Waals surface area contributed by atoms with E-state index in [9.17, 15) is 4.79 Å². The van der Waals surface area contributed by atoms with Gasteiger partial charge >= 0.3 is 0 Å². The number of allylic oxidation sites excluding steroid dienone is 3. The molecule has 0 unspecified atom stereocenters. The van der Waals surface area contributed by atoms with Crippen LogP contribution in [0.1, 0.15) is 12.5 Å². The number of hydrogen-bond donors (Lipinski definition) is 0. The molecule has 0 atom stereocenters. The van der Waals surface area contributed by atoms with Gasteiger partial charge in [-0.3, -0.25) is 4.79 Å². The summed E-state index contributed by atoms with van der Waals surface area (Å²) in [4.78, 5) is 10.6. The predicted octanol–water partition coefficient (Wildman–Crippen LogP) is 2.85. The van der Waals surface area contributed by atoms with Crippen molar-refractivity contribution in [2.45, 2.75) is 6.92 Å². The summed E-state index contributed by atoms with van der Waals surface area (Å²) in [5, 5.41) is 0. The molecule has 0 amide bonds. The molecule has 0 spiro atoms. The highest BCUT2D eigenvalue weighted by Gasteiger charge is 1.88. The van der Waals surface area contributed by atoms with Gasteiger partial charge in [-0.2, -0.15) is 0 Å². The van der Waals surface area contributed by atoms with Crippen LogP contribution in [-0.2, 0) is 4.79 Å². The van der Waals surface area contributed by atoms with E-state index in [-0.39, 0.29) is 5.78 Å². The van der Waals surface area contributed by atoms with Gasteiger partial charge in [-0.05, 0) is 30.7 Å². The normalized spacial score (nSPS) is 11.1. The Morgan fingerprint density at radius 1 is 1.20 bits per heavy atom. The number of benzene rings is 1. The summed E-state index contributed by atoms with van der Waals surface area (Å²) in [7, 11) is 1.64. The predicted molar refractivity (Wildman–Crippen MR) is 61.8 cm³/mol. The molecule has 2 nitrogen and oxygen atoms in total. The molecule has 2 heteroatoms. The molecule has 0 aromatic heterocycles. The standard InChI is InChI=1S/C13H14O2/c1-11(14)5-3-4-6-12-7-9-13(15-2)10-8-12/h3-10H,1-2H3/b5-3+,6-4+. The lowest BCUT2D eigenvalue weighted by Gasteiger charge is -1.98. The summed E-state index contributed by atoms with van der Waals surface area (Å²) in [6.45, 7) is 1.53. The van der Waals surface area contributed by atoms with Gasteiger partial charge in [0, 0.05) is 0 Å². The maximum atomic E-state index is 10.6. The van der Waals surface area contributed by atoms with Gasteiger partial charge in [0.05, 0.1) is 7.11 Å². The Labute approximate surface area is 89.9 Å². The average Bonchev–Trinajstić information content (AvgIpc) is 2.25. The van der Waals surface area contributed by atoms with Crippen LogP contribution in [0.15, 0.2) is 42.5 Å². The zero-order valence-corrected chi connectivity index (χ0v) is 8.94. The number of ketones is 1. The summed E-state index contributed by atoms with van der Waals surface area (Å²) in [5.74, 6) is 0.890. The lowest BCUT2D eigenvalue weighted by atomic mass is 10.2. The van der Waals surface area contributed by atoms with E-state index >= 15 is 0 Å². The fourth-order valence-corrected chi connectivity index (χ4v) is 1.07. The Kier molecular flexibility index (Phi) is 4.35. The Bertz CT molecular complexity index is 372. The van der Waals surface area contributed by atoms with E-state index in [0.717, 1.165) is 11.3 Å². The molecule has 15 heavy (non-hydrogen) atoms. The van der Waals surface area contributed by atoms with Gasteiger partial charge in [-0.15, -0.1) is 0 Å². The SMILES string of the molecule is COc1ccc(/C=C/C=C/C(C)=O)cc1. The molecule has 0 aliphatic carbocycles. The molecule has 1 aromatic rings. The van der Waals surface area contributed by atoms with E-state index in [1.54, 1.807) is 13.2 Å². The zero-order valence-electron chi connectivity index (χ0n) is 8.94. The van der Waals surface area contributed by atoms with Gasteiger partial charge in [0.25, 0.3) is 0 Å². The number of hydrogen-bond acceptors (Lipinski definition) is 2. The van der Waals surface area contributed by atoms with E-state index < -0.39 is 0 Å². The Morgan fingerprint density at radius 3 is 2.40 bits per heavy atom. The summed E-state index contributed by atoms with van der Waals surface area (Å²) >= 11 is 0. The zero-order chi connectivity index (χ0) is 11.1. The molecular weight excluding hydrogens is 188 g/mol. The van der Waals surface area contributed by atoms with Gasteiger partial charge < -0.3 is 4.74 Å². The fraction of sp³-hybridized carbons (Fsp3) is 0.154.